The van der Waals surface area contributed by atoms with Crippen molar-refractivity contribution >= 4 is 52.3 Å². The fourth-order valence-electron chi connectivity index (χ4n) is 3.30. The highest BCUT2D eigenvalue weighted by Crippen LogP contribution is 2.23. The Bertz CT molecular complexity index is 663. The average Bonchev–Trinajstić information content (AvgIpc) is 3.03. The van der Waals surface area contributed by atoms with Crippen molar-refractivity contribution in [1.82, 2.24) is 15.2 Å². The third-order valence-electron chi connectivity index (χ3n) is 4.39. The van der Waals surface area contributed by atoms with E-state index in [1.807, 2.05) is 28.6 Å². The lowest BCUT2D eigenvalue weighted by molar-refractivity contribution is 0.0748. The maximum Gasteiger partial charge on any atom is 0.253 e. The van der Waals surface area contributed by atoms with Crippen LogP contribution in [0.1, 0.15) is 29.6 Å². The van der Waals surface area contributed by atoms with Gasteiger partial charge in [-0.3, -0.25) is 4.79 Å². The molecule has 1 N–H and O–H groups in total. The van der Waals surface area contributed by atoms with Crippen LogP contribution in [0.2, 0.25) is 0 Å². The fraction of sp³-hybridized carbons (Fsp3) is 0.467. The Morgan fingerprint density at radius 3 is 2.91 bits per heavy atom. The molecular weight excluding hydrogens is 341 g/mol. The van der Waals surface area contributed by atoms with Crippen LogP contribution in [0.15, 0.2) is 23.7 Å². The van der Waals surface area contributed by atoms with E-state index < -0.39 is 0 Å². The summed E-state index contributed by atoms with van der Waals surface area (Å²) in [6.07, 6.45) is 3.53. The molecule has 3 heterocycles. The van der Waals surface area contributed by atoms with Gasteiger partial charge < -0.3 is 10.2 Å². The number of hydrogen-bond acceptors (Lipinski definition) is 4. The number of fused-ring (bicyclic) bond motifs is 3. The van der Waals surface area contributed by atoms with Gasteiger partial charge in [0.1, 0.15) is 0 Å². The molecule has 1 aromatic heterocycles. The molecule has 2 aromatic rings. The SMILES string of the molecule is Cl.Cl.O=C(c1ccc2ncsc2c1)N1CCC2CCC(C1)N2. The first-order valence-electron chi connectivity index (χ1n) is 7.18. The second kappa shape index (κ2) is 7.13. The van der Waals surface area contributed by atoms with Crippen molar-refractivity contribution in [3.05, 3.63) is 29.3 Å². The molecule has 4 nitrogen and oxygen atoms in total. The van der Waals surface area contributed by atoms with E-state index >= 15 is 0 Å². The zero-order valence-electron chi connectivity index (χ0n) is 12.0. The van der Waals surface area contributed by atoms with Crippen LogP contribution in [-0.2, 0) is 0 Å². The Kier molecular flexibility index (Phi) is 5.66. The number of rotatable bonds is 1. The topological polar surface area (TPSA) is 45.2 Å². The first kappa shape index (κ1) is 17.5. The Labute approximate surface area is 146 Å². The summed E-state index contributed by atoms with van der Waals surface area (Å²) in [5.74, 6) is 0.162. The molecule has 2 unspecified atom stereocenters. The van der Waals surface area contributed by atoms with Crippen molar-refractivity contribution in [2.45, 2.75) is 31.3 Å². The number of aromatic nitrogens is 1. The van der Waals surface area contributed by atoms with E-state index in [2.05, 4.69) is 10.3 Å². The molecule has 2 bridgehead atoms. The van der Waals surface area contributed by atoms with E-state index in [1.165, 1.54) is 12.8 Å². The van der Waals surface area contributed by atoms with Crippen LogP contribution in [0.5, 0.6) is 0 Å². The molecule has 120 valence electrons. The van der Waals surface area contributed by atoms with E-state index in [9.17, 15) is 4.79 Å². The van der Waals surface area contributed by atoms with E-state index in [1.54, 1.807) is 11.3 Å². The number of nitrogens with one attached hydrogen (secondary N) is 1. The smallest absolute Gasteiger partial charge is 0.253 e. The molecular formula is C15H19Cl2N3OS. The first-order chi connectivity index (χ1) is 9.79. The van der Waals surface area contributed by atoms with Gasteiger partial charge in [-0.05, 0) is 37.5 Å². The molecule has 4 rings (SSSR count). The molecule has 2 aliphatic heterocycles. The summed E-state index contributed by atoms with van der Waals surface area (Å²) in [4.78, 5) is 19.0. The lowest BCUT2D eigenvalue weighted by Crippen LogP contribution is -2.39. The number of likely N-dealkylation sites (tertiary alicyclic amines) is 1. The average molecular weight is 360 g/mol. The quantitative estimate of drug-likeness (QED) is 0.850. The molecule has 1 amide bonds. The fourth-order valence-corrected chi connectivity index (χ4v) is 4.01. The Balaban J connectivity index is 0.000000882. The monoisotopic (exact) mass is 359 g/mol. The van der Waals surface area contributed by atoms with E-state index in [0.717, 1.165) is 35.3 Å². The molecule has 1 aromatic carbocycles. The second-order valence-electron chi connectivity index (χ2n) is 5.71. The minimum atomic E-state index is 0. The lowest BCUT2D eigenvalue weighted by atomic mass is 10.1. The number of thiazole rings is 1. The van der Waals surface area contributed by atoms with Crippen LogP contribution in [0.4, 0.5) is 0 Å². The van der Waals surface area contributed by atoms with E-state index in [4.69, 9.17) is 0 Å². The summed E-state index contributed by atoms with van der Waals surface area (Å²) in [5.41, 5.74) is 3.59. The van der Waals surface area contributed by atoms with Crippen LogP contribution in [0.25, 0.3) is 10.2 Å². The maximum absolute atomic E-state index is 12.7. The third kappa shape index (κ3) is 3.23. The molecule has 0 aliphatic carbocycles. The molecule has 0 spiro atoms. The van der Waals surface area contributed by atoms with Gasteiger partial charge in [-0.2, -0.15) is 0 Å². The molecule has 22 heavy (non-hydrogen) atoms. The van der Waals surface area contributed by atoms with Crippen molar-refractivity contribution in [1.29, 1.82) is 0 Å². The van der Waals surface area contributed by atoms with Crippen molar-refractivity contribution in [2.75, 3.05) is 13.1 Å². The third-order valence-corrected chi connectivity index (χ3v) is 5.18. The summed E-state index contributed by atoms with van der Waals surface area (Å²) < 4.78 is 1.09. The van der Waals surface area contributed by atoms with Crippen molar-refractivity contribution < 1.29 is 4.79 Å². The summed E-state index contributed by atoms with van der Waals surface area (Å²) in [6, 6.07) is 6.93. The highest BCUT2D eigenvalue weighted by Gasteiger charge is 2.31. The Hall–Kier alpha value is -0.880. The standard InChI is InChI=1S/C15H17N3OS.2ClH/c19-15(10-1-4-13-14(7-10)20-9-16-13)18-6-5-11-2-3-12(8-18)17-11;;/h1,4,7,9,11-12,17H,2-3,5-6,8H2;2*1H. The number of nitrogens with zero attached hydrogens (tertiary/aromatic N) is 2. The number of carbonyl (C=O) groups excluding carboxylic acids is 1. The van der Waals surface area contributed by atoms with Gasteiger partial charge in [0.15, 0.2) is 0 Å². The summed E-state index contributed by atoms with van der Waals surface area (Å²) >= 11 is 1.59. The number of halogens is 2. The predicted octanol–water partition coefficient (Wildman–Crippen LogP) is 3.11. The van der Waals surface area contributed by atoms with Crippen molar-refractivity contribution in [3.63, 3.8) is 0 Å². The molecule has 2 saturated heterocycles. The number of carbonyl (C=O) groups is 1. The van der Waals surface area contributed by atoms with Gasteiger partial charge in [0, 0.05) is 30.7 Å². The first-order valence-corrected chi connectivity index (χ1v) is 8.06. The van der Waals surface area contributed by atoms with Crippen LogP contribution < -0.4 is 5.32 Å². The molecule has 2 fully saturated rings. The largest absolute Gasteiger partial charge is 0.337 e. The van der Waals surface area contributed by atoms with Gasteiger partial charge in [0.2, 0.25) is 0 Å². The zero-order chi connectivity index (χ0) is 13.5. The van der Waals surface area contributed by atoms with E-state index in [0.29, 0.717) is 12.1 Å². The van der Waals surface area contributed by atoms with Crippen LogP contribution >= 0.6 is 36.2 Å². The normalized spacial score (nSPS) is 23.5. The Morgan fingerprint density at radius 2 is 2.05 bits per heavy atom. The highest BCUT2D eigenvalue weighted by atomic mass is 35.5. The van der Waals surface area contributed by atoms with Crippen molar-refractivity contribution in [3.8, 4) is 0 Å². The zero-order valence-corrected chi connectivity index (χ0v) is 14.5. The maximum atomic E-state index is 12.7. The number of amides is 1. The number of benzene rings is 1. The summed E-state index contributed by atoms with van der Waals surface area (Å²) in [5, 5.41) is 3.61. The van der Waals surface area contributed by atoms with Gasteiger partial charge >= 0.3 is 0 Å². The van der Waals surface area contributed by atoms with Gasteiger partial charge in [-0.25, -0.2) is 4.98 Å². The van der Waals surface area contributed by atoms with Gasteiger partial charge in [0.25, 0.3) is 5.91 Å². The number of hydrogen-bond donors (Lipinski definition) is 1. The molecule has 2 atom stereocenters. The van der Waals surface area contributed by atoms with Gasteiger partial charge in [-0.15, -0.1) is 36.2 Å². The van der Waals surface area contributed by atoms with Gasteiger partial charge in [-0.1, -0.05) is 0 Å². The Morgan fingerprint density at radius 1 is 1.23 bits per heavy atom. The second-order valence-corrected chi connectivity index (χ2v) is 6.60. The lowest BCUT2D eigenvalue weighted by Gasteiger charge is -2.24. The highest BCUT2D eigenvalue weighted by molar-refractivity contribution is 7.16. The minimum Gasteiger partial charge on any atom is -0.337 e. The summed E-state index contributed by atoms with van der Waals surface area (Å²) in [6.45, 7) is 1.71. The molecule has 0 radical (unpaired) electrons. The molecule has 7 heteroatoms. The summed E-state index contributed by atoms with van der Waals surface area (Å²) in [7, 11) is 0. The van der Waals surface area contributed by atoms with Crippen LogP contribution in [0, 0.1) is 0 Å². The van der Waals surface area contributed by atoms with Crippen molar-refractivity contribution in [2.24, 2.45) is 0 Å². The van der Waals surface area contributed by atoms with Gasteiger partial charge in [0.05, 0.1) is 15.7 Å². The van der Waals surface area contributed by atoms with Crippen LogP contribution in [0.3, 0.4) is 0 Å². The minimum absolute atomic E-state index is 0. The van der Waals surface area contributed by atoms with E-state index in [-0.39, 0.29) is 30.7 Å². The molecule has 0 saturated carbocycles. The predicted molar refractivity (Wildman–Crippen MR) is 94.6 cm³/mol. The van der Waals surface area contributed by atoms with Crippen LogP contribution in [-0.4, -0.2) is 41.0 Å². The molecule has 2 aliphatic rings.